The number of hydrogen-bond acceptors (Lipinski definition) is 4. The van der Waals surface area contributed by atoms with Crippen molar-refractivity contribution in [2.24, 2.45) is 0 Å². The molecule has 1 amide bonds. The summed E-state index contributed by atoms with van der Waals surface area (Å²) in [7, 11) is 0. The van der Waals surface area contributed by atoms with Gasteiger partial charge in [0.05, 0.1) is 5.52 Å². The van der Waals surface area contributed by atoms with E-state index in [4.69, 9.17) is 0 Å². The minimum absolute atomic E-state index is 0.0118. The molecule has 2 aromatic rings. The highest BCUT2D eigenvalue weighted by atomic mass is 32.1. The van der Waals surface area contributed by atoms with Gasteiger partial charge in [-0.1, -0.05) is 6.58 Å². The first-order valence-corrected chi connectivity index (χ1v) is 7.79. The van der Waals surface area contributed by atoms with Crippen LogP contribution in [0.2, 0.25) is 0 Å². The number of rotatable bonds is 1. The molecule has 0 saturated carbocycles. The van der Waals surface area contributed by atoms with Gasteiger partial charge in [-0.25, -0.2) is 4.98 Å². The van der Waals surface area contributed by atoms with Gasteiger partial charge in [0, 0.05) is 31.6 Å². The van der Waals surface area contributed by atoms with Crippen LogP contribution in [0.3, 0.4) is 0 Å². The number of nitrogens with zero attached hydrogens (tertiary/aromatic N) is 3. The molecule has 1 aliphatic heterocycles. The second kappa shape index (κ2) is 5.11. The van der Waals surface area contributed by atoms with E-state index in [1.54, 1.807) is 16.4 Å². The molecule has 3 rings (SSSR count). The lowest BCUT2D eigenvalue weighted by Gasteiger charge is -2.19. The van der Waals surface area contributed by atoms with E-state index < -0.39 is 0 Å². The van der Waals surface area contributed by atoms with Crippen molar-refractivity contribution in [3.63, 3.8) is 0 Å². The Morgan fingerprint density at radius 1 is 1.38 bits per heavy atom. The normalized spacial score (nSPS) is 14.9. The van der Waals surface area contributed by atoms with Crippen LogP contribution in [0.15, 0.2) is 22.3 Å². The number of aryl methyl sites for hydroxylation is 1. The van der Waals surface area contributed by atoms with Gasteiger partial charge in [-0.05, 0) is 24.8 Å². The predicted octanol–water partition coefficient (Wildman–Crippen LogP) is 1.73. The van der Waals surface area contributed by atoms with Crippen LogP contribution in [0, 0.1) is 6.92 Å². The SMILES string of the molecule is C=C(C)C(=O)N1CCc2nc3c(C)csc3c(=O)n2CC1. The topological polar surface area (TPSA) is 55.2 Å². The van der Waals surface area contributed by atoms with Gasteiger partial charge in [-0.2, -0.15) is 0 Å². The number of thiophene rings is 1. The Labute approximate surface area is 126 Å². The third kappa shape index (κ3) is 2.29. The van der Waals surface area contributed by atoms with Crippen molar-refractivity contribution < 1.29 is 4.79 Å². The molecule has 0 atom stereocenters. The minimum Gasteiger partial charge on any atom is -0.337 e. The second-order valence-electron chi connectivity index (χ2n) is 5.40. The van der Waals surface area contributed by atoms with E-state index in [1.807, 2.05) is 12.3 Å². The average molecular weight is 303 g/mol. The van der Waals surface area contributed by atoms with Crippen LogP contribution in [-0.4, -0.2) is 33.4 Å². The third-order valence-electron chi connectivity index (χ3n) is 3.79. The van der Waals surface area contributed by atoms with Crippen LogP contribution in [0.4, 0.5) is 0 Å². The van der Waals surface area contributed by atoms with Crippen molar-refractivity contribution in [3.05, 3.63) is 39.3 Å². The molecular formula is C15H17N3O2S. The zero-order valence-electron chi connectivity index (χ0n) is 12.2. The molecule has 0 aromatic carbocycles. The Hall–Kier alpha value is -1.95. The van der Waals surface area contributed by atoms with Crippen molar-refractivity contribution in [1.29, 1.82) is 0 Å². The molecule has 110 valence electrons. The fraction of sp³-hybridized carbons (Fsp3) is 0.400. The molecule has 5 nitrogen and oxygen atoms in total. The summed E-state index contributed by atoms with van der Waals surface area (Å²) in [5, 5.41) is 1.97. The van der Waals surface area contributed by atoms with Gasteiger partial charge in [0.1, 0.15) is 10.5 Å². The lowest BCUT2D eigenvalue weighted by molar-refractivity contribution is -0.127. The molecule has 2 aromatic heterocycles. The lowest BCUT2D eigenvalue weighted by atomic mass is 10.2. The summed E-state index contributed by atoms with van der Waals surface area (Å²) >= 11 is 1.44. The zero-order valence-corrected chi connectivity index (χ0v) is 13.0. The number of amides is 1. The molecule has 0 unspecified atom stereocenters. The number of fused-ring (bicyclic) bond motifs is 2. The molecule has 1 aliphatic rings. The molecule has 21 heavy (non-hydrogen) atoms. The molecule has 3 heterocycles. The summed E-state index contributed by atoms with van der Waals surface area (Å²) in [6.45, 7) is 8.98. The van der Waals surface area contributed by atoms with Crippen molar-refractivity contribution in [3.8, 4) is 0 Å². The van der Waals surface area contributed by atoms with Gasteiger partial charge in [0.15, 0.2) is 0 Å². The number of aromatic nitrogens is 2. The quantitative estimate of drug-likeness (QED) is 0.754. The van der Waals surface area contributed by atoms with Crippen molar-refractivity contribution >= 4 is 27.5 Å². The fourth-order valence-electron chi connectivity index (χ4n) is 2.62. The molecule has 0 bridgehead atoms. The highest BCUT2D eigenvalue weighted by Gasteiger charge is 2.21. The van der Waals surface area contributed by atoms with Crippen molar-refractivity contribution in [1.82, 2.24) is 14.5 Å². The average Bonchev–Trinajstić information content (AvgIpc) is 2.70. The summed E-state index contributed by atoms with van der Waals surface area (Å²) in [6, 6.07) is 0. The summed E-state index contributed by atoms with van der Waals surface area (Å²) in [5.74, 6) is 0.722. The predicted molar refractivity (Wildman–Crippen MR) is 83.7 cm³/mol. The number of carbonyl (C=O) groups excluding carboxylic acids is 1. The second-order valence-corrected chi connectivity index (χ2v) is 6.28. The van der Waals surface area contributed by atoms with Gasteiger partial charge in [0.2, 0.25) is 5.91 Å². The number of carbonyl (C=O) groups is 1. The standard InChI is InChI=1S/C15H17N3O2S/c1-9(2)14(19)17-5-4-11-16-12-10(3)8-21-13(12)15(20)18(11)7-6-17/h8H,1,4-7H2,2-3H3. The Kier molecular flexibility index (Phi) is 3.41. The molecule has 0 radical (unpaired) electrons. The van der Waals surface area contributed by atoms with Gasteiger partial charge in [-0.15, -0.1) is 11.3 Å². The monoisotopic (exact) mass is 303 g/mol. The summed E-state index contributed by atoms with van der Waals surface area (Å²) in [6.07, 6.45) is 0.597. The molecule has 0 saturated heterocycles. The highest BCUT2D eigenvalue weighted by Crippen LogP contribution is 2.21. The number of hydrogen-bond donors (Lipinski definition) is 0. The van der Waals surface area contributed by atoms with Crippen LogP contribution in [0.1, 0.15) is 18.3 Å². The first kappa shape index (κ1) is 14.0. The third-order valence-corrected chi connectivity index (χ3v) is 4.86. The van der Waals surface area contributed by atoms with Crippen molar-refractivity contribution in [2.75, 3.05) is 13.1 Å². The Morgan fingerprint density at radius 3 is 2.86 bits per heavy atom. The maximum absolute atomic E-state index is 12.6. The van der Waals surface area contributed by atoms with Gasteiger partial charge < -0.3 is 4.90 Å². The van der Waals surface area contributed by atoms with E-state index in [-0.39, 0.29) is 11.5 Å². The highest BCUT2D eigenvalue weighted by molar-refractivity contribution is 7.17. The Bertz CT molecular complexity index is 803. The smallest absolute Gasteiger partial charge is 0.271 e. The maximum Gasteiger partial charge on any atom is 0.271 e. The van der Waals surface area contributed by atoms with Gasteiger partial charge >= 0.3 is 0 Å². The Morgan fingerprint density at radius 2 is 2.14 bits per heavy atom. The summed E-state index contributed by atoms with van der Waals surface area (Å²) in [5.41, 5.74) is 2.38. The molecular weight excluding hydrogens is 286 g/mol. The fourth-order valence-corrected chi connectivity index (χ4v) is 3.56. The van der Waals surface area contributed by atoms with E-state index in [0.29, 0.717) is 36.3 Å². The first-order chi connectivity index (χ1) is 9.99. The van der Waals surface area contributed by atoms with Gasteiger partial charge in [0.25, 0.3) is 5.56 Å². The van der Waals surface area contributed by atoms with Crippen LogP contribution in [0.25, 0.3) is 10.2 Å². The summed E-state index contributed by atoms with van der Waals surface area (Å²) in [4.78, 5) is 31.0. The van der Waals surface area contributed by atoms with Crippen LogP contribution in [0.5, 0.6) is 0 Å². The summed E-state index contributed by atoms with van der Waals surface area (Å²) < 4.78 is 2.42. The molecule has 0 spiro atoms. The van der Waals surface area contributed by atoms with E-state index >= 15 is 0 Å². The largest absolute Gasteiger partial charge is 0.337 e. The minimum atomic E-state index is -0.0474. The molecule has 0 fully saturated rings. The van der Waals surface area contributed by atoms with E-state index in [9.17, 15) is 9.59 Å². The van der Waals surface area contributed by atoms with Crippen LogP contribution >= 0.6 is 11.3 Å². The van der Waals surface area contributed by atoms with E-state index in [0.717, 1.165) is 16.9 Å². The van der Waals surface area contributed by atoms with Crippen LogP contribution in [-0.2, 0) is 17.8 Å². The molecule has 6 heteroatoms. The van der Waals surface area contributed by atoms with Gasteiger partial charge in [-0.3, -0.25) is 14.2 Å². The zero-order chi connectivity index (χ0) is 15.1. The Balaban J connectivity index is 2.02. The van der Waals surface area contributed by atoms with Crippen LogP contribution < -0.4 is 5.56 Å². The lowest BCUT2D eigenvalue weighted by Crippen LogP contribution is -2.34. The molecule has 0 aliphatic carbocycles. The molecule has 0 N–H and O–H groups in total. The van der Waals surface area contributed by atoms with E-state index in [1.165, 1.54) is 11.3 Å². The van der Waals surface area contributed by atoms with Crippen molar-refractivity contribution in [2.45, 2.75) is 26.8 Å². The maximum atomic E-state index is 12.6. The first-order valence-electron chi connectivity index (χ1n) is 6.91. The van der Waals surface area contributed by atoms with E-state index in [2.05, 4.69) is 11.6 Å².